The summed E-state index contributed by atoms with van der Waals surface area (Å²) in [5.41, 5.74) is -0.530. The summed E-state index contributed by atoms with van der Waals surface area (Å²) < 4.78 is 70.8. The molecule has 1 aromatic carbocycles. The molecular weight excluding hydrogens is 734 g/mol. The second kappa shape index (κ2) is 38.2. The van der Waals surface area contributed by atoms with Crippen molar-refractivity contribution < 1.29 is 71.4 Å². The molecule has 0 aliphatic heterocycles. The van der Waals surface area contributed by atoms with E-state index in [2.05, 4.69) is 5.32 Å². The molecule has 20 nitrogen and oxygen atoms in total. The van der Waals surface area contributed by atoms with Gasteiger partial charge in [-0.2, -0.15) is 0 Å². The fourth-order valence-corrected chi connectivity index (χ4v) is 4.06. The first-order valence-electron chi connectivity index (χ1n) is 18.6. The van der Waals surface area contributed by atoms with Crippen molar-refractivity contribution in [3.8, 4) is 0 Å². The summed E-state index contributed by atoms with van der Waals surface area (Å²) >= 11 is 0. The number of hydrogen-bond donors (Lipinski definition) is 1. The van der Waals surface area contributed by atoms with E-state index in [1.807, 2.05) is 13.8 Å². The zero-order valence-electron chi connectivity index (χ0n) is 32.5. The van der Waals surface area contributed by atoms with E-state index in [9.17, 15) is 20.2 Å². The van der Waals surface area contributed by atoms with Crippen molar-refractivity contribution >= 4 is 17.1 Å². The fraction of sp³-hybridized carbons (Fsp3) is 0.829. The quantitative estimate of drug-likeness (QED) is 0.0570. The highest BCUT2D eigenvalue weighted by atomic mass is 16.6. The minimum Gasteiger partial charge on any atom is -0.377 e. The summed E-state index contributed by atoms with van der Waals surface area (Å²) in [5.74, 6) is 0. The van der Waals surface area contributed by atoms with Crippen LogP contribution in [0.2, 0.25) is 0 Å². The number of ether oxygens (including phenoxy) is 13. The number of nitrogens with zero attached hydrogens (tertiary/aromatic N) is 2. The van der Waals surface area contributed by atoms with E-state index in [0.717, 1.165) is 6.07 Å². The van der Waals surface area contributed by atoms with Gasteiger partial charge < -0.3 is 66.9 Å². The lowest BCUT2D eigenvalue weighted by atomic mass is 10.2. The molecular formula is C35H63N3O17. The average molecular weight is 798 g/mol. The number of rotatable bonds is 43. The fourth-order valence-electron chi connectivity index (χ4n) is 4.06. The monoisotopic (exact) mass is 797 g/mol. The summed E-state index contributed by atoms with van der Waals surface area (Å²) in [4.78, 5) is 20.6. The largest absolute Gasteiger partial charge is 0.377 e. The molecule has 0 bridgehead atoms. The summed E-state index contributed by atoms with van der Waals surface area (Å²) in [6, 6.07) is 3.43. The molecule has 0 aliphatic carbocycles. The van der Waals surface area contributed by atoms with Gasteiger partial charge in [0.25, 0.3) is 11.4 Å². The first-order chi connectivity index (χ1) is 26.9. The molecule has 1 aromatic rings. The molecule has 20 heteroatoms. The van der Waals surface area contributed by atoms with E-state index in [0.29, 0.717) is 159 Å². The number of anilines is 1. The Balaban J connectivity index is 1.69. The highest BCUT2D eigenvalue weighted by molar-refractivity contribution is 5.65. The van der Waals surface area contributed by atoms with Gasteiger partial charge in [0.05, 0.1) is 187 Å². The van der Waals surface area contributed by atoms with Crippen molar-refractivity contribution in [3.05, 3.63) is 38.4 Å². The molecule has 0 heterocycles. The van der Waals surface area contributed by atoms with Crippen LogP contribution >= 0.6 is 0 Å². The Kier molecular flexibility index (Phi) is 34.9. The van der Waals surface area contributed by atoms with Gasteiger partial charge in [0.15, 0.2) is 0 Å². The maximum Gasteiger partial charge on any atom is 0.299 e. The maximum absolute atomic E-state index is 11.2. The second-order valence-electron chi connectivity index (χ2n) is 11.4. The normalized spacial score (nSPS) is 11.5. The molecule has 320 valence electrons. The van der Waals surface area contributed by atoms with Gasteiger partial charge in [0.1, 0.15) is 5.69 Å². The van der Waals surface area contributed by atoms with Crippen LogP contribution in [0, 0.1) is 20.2 Å². The first kappa shape index (κ1) is 50.3. The molecule has 55 heavy (non-hydrogen) atoms. The minimum absolute atomic E-state index is 0.184. The van der Waals surface area contributed by atoms with E-state index in [1.54, 1.807) is 0 Å². The predicted octanol–water partition coefficient (Wildman–Crippen LogP) is 2.54. The number of nitro benzene ring substituents is 2. The molecule has 1 N–H and O–H groups in total. The Hall–Kier alpha value is -2.70. The van der Waals surface area contributed by atoms with Gasteiger partial charge in [-0.25, -0.2) is 0 Å². The Labute approximate surface area is 323 Å². The molecule has 0 radical (unpaired) electrons. The molecule has 0 atom stereocenters. The third-order valence-electron chi connectivity index (χ3n) is 6.72. The van der Waals surface area contributed by atoms with Gasteiger partial charge in [0, 0.05) is 12.6 Å². The summed E-state index contributed by atoms with van der Waals surface area (Å²) in [6.45, 7) is 16.0. The minimum atomic E-state index is -0.681. The Morgan fingerprint density at radius 3 is 1.02 bits per heavy atom. The summed E-state index contributed by atoms with van der Waals surface area (Å²) in [7, 11) is 0. The van der Waals surface area contributed by atoms with Gasteiger partial charge in [-0.3, -0.25) is 20.2 Å². The van der Waals surface area contributed by atoms with Gasteiger partial charge in [-0.05, 0) is 19.9 Å². The van der Waals surface area contributed by atoms with Crippen molar-refractivity contribution in [2.24, 2.45) is 0 Å². The third kappa shape index (κ3) is 33.2. The van der Waals surface area contributed by atoms with Gasteiger partial charge >= 0.3 is 0 Å². The molecule has 0 aromatic heterocycles. The van der Waals surface area contributed by atoms with E-state index in [4.69, 9.17) is 61.6 Å². The number of nitrogens with one attached hydrogen (secondary N) is 1. The molecule has 0 fully saturated rings. The van der Waals surface area contributed by atoms with E-state index in [-0.39, 0.29) is 36.3 Å². The molecule has 0 saturated carbocycles. The van der Waals surface area contributed by atoms with Crippen LogP contribution in [-0.2, 0) is 61.6 Å². The zero-order valence-corrected chi connectivity index (χ0v) is 32.5. The number of non-ortho nitro benzene ring substituents is 1. The highest BCUT2D eigenvalue weighted by Gasteiger charge is 2.19. The molecule has 0 aliphatic rings. The molecule has 0 amide bonds. The van der Waals surface area contributed by atoms with Crippen LogP contribution in [0.4, 0.5) is 17.1 Å². The van der Waals surface area contributed by atoms with Crippen LogP contribution in [0.3, 0.4) is 0 Å². The van der Waals surface area contributed by atoms with E-state index < -0.39 is 9.85 Å². The Bertz CT molecular complexity index is 1040. The third-order valence-corrected chi connectivity index (χ3v) is 6.72. The van der Waals surface area contributed by atoms with Crippen molar-refractivity contribution in [1.82, 2.24) is 0 Å². The Morgan fingerprint density at radius 1 is 0.455 bits per heavy atom. The van der Waals surface area contributed by atoms with Gasteiger partial charge in [-0.15, -0.1) is 0 Å². The van der Waals surface area contributed by atoms with E-state index >= 15 is 0 Å². The number of benzene rings is 1. The average Bonchev–Trinajstić information content (AvgIpc) is 3.16. The second-order valence-corrected chi connectivity index (χ2v) is 11.4. The van der Waals surface area contributed by atoms with Crippen molar-refractivity contribution in [1.29, 1.82) is 0 Å². The maximum atomic E-state index is 11.2. The first-order valence-corrected chi connectivity index (χ1v) is 18.6. The van der Waals surface area contributed by atoms with Crippen LogP contribution in [0.5, 0.6) is 0 Å². The lowest BCUT2D eigenvalue weighted by Crippen LogP contribution is -2.16. The Morgan fingerprint density at radius 2 is 0.745 bits per heavy atom. The highest BCUT2D eigenvalue weighted by Crippen LogP contribution is 2.28. The van der Waals surface area contributed by atoms with Crippen molar-refractivity contribution in [2.75, 3.05) is 177 Å². The van der Waals surface area contributed by atoms with Crippen LogP contribution in [0.15, 0.2) is 18.2 Å². The van der Waals surface area contributed by atoms with Crippen molar-refractivity contribution in [2.45, 2.75) is 20.0 Å². The number of hydrogen-bond acceptors (Lipinski definition) is 18. The topological polar surface area (TPSA) is 218 Å². The summed E-state index contributed by atoms with van der Waals surface area (Å²) in [6.07, 6.45) is 0.219. The van der Waals surface area contributed by atoms with Gasteiger partial charge in [0.2, 0.25) is 0 Å². The SMILES string of the molecule is CC(C)OCCOCCOCCOCCOCCOCCOCCOCCOCCOCCOCCOCCOCCNc1ccc([N+](=O)[O-])cc1[N+](=O)[O-]. The number of nitro groups is 2. The standard InChI is InChI=1S/C35H63N3O17/c1-32(2)55-30-29-54-28-27-53-26-25-52-24-23-51-22-21-50-20-19-49-18-17-48-16-15-47-14-13-46-12-11-45-10-9-44-8-7-43-6-5-36-34-4-3-33(37(39)40)31-35(34)38(41)42/h3-4,31-32,36H,5-30H2,1-2H3. The van der Waals surface area contributed by atoms with Gasteiger partial charge in [-0.1, -0.05) is 0 Å². The lowest BCUT2D eigenvalue weighted by molar-refractivity contribution is -0.393. The molecule has 1 rings (SSSR count). The lowest BCUT2D eigenvalue weighted by Gasteiger charge is -2.09. The van der Waals surface area contributed by atoms with Crippen molar-refractivity contribution in [3.63, 3.8) is 0 Å². The van der Waals surface area contributed by atoms with E-state index in [1.165, 1.54) is 12.1 Å². The summed E-state index contributed by atoms with van der Waals surface area (Å²) in [5, 5.41) is 24.8. The molecule has 0 spiro atoms. The zero-order chi connectivity index (χ0) is 39.9. The van der Waals surface area contributed by atoms with Crippen LogP contribution < -0.4 is 5.32 Å². The molecule has 0 saturated heterocycles. The predicted molar refractivity (Wildman–Crippen MR) is 199 cm³/mol. The smallest absolute Gasteiger partial charge is 0.299 e. The molecule has 0 unspecified atom stereocenters. The van der Waals surface area contributed by atoms with Crippen LogP contribution in [0.25, 0.3) is 0 Å². The van der Waals surface area contributed by atoms with Crippen LogP contribution in [0.1, 0.15) is 13.8 Å². The van der Waals surface area contributed by atoms with Crippen LogP contribution in [-0.4, -0.2) is 188 Å².